The summed E-state index contributed by atoms with van der Waals surface area (Å²) in [5.41, 5.74) is 1.14. The summed E-state index contributed by atoms with van der Waals surface area (Å²) in [5, 5.41) is 0.513. The lowest BCUT2D eigenvalue weighted by Crippen LogP contribution is -2.40. The van der Waals surface area contributed by atoms with Crippen molar-refractivity contribution in [2.75, 3.05) is 13.7 Å². The van der Waals surface area contributed by atoms with E-state index in [1.165, 1.54) is 20.0 Å². The first-order valence-corrected chi connectivity index (χ1v) is 6.98. The number of likely N-dealkylation sites (tertiary alicyclic amines) is 1. The van der Waals surface area contributed by atoms with E-state index in [0.29, 0.717) is 11.6 Å². The van der Waals surface area contributed by atoms with Crippen molar-refractivity contribution in [3.8, 4) is 0 Å². The topological polar surface area (TPSA) is 42.4 Å². The second-order valence-electron chi connectivity index (χ2n) is 4.89. The summed E-state index contributed by atoms with van der Waals surface area (Å²) < 4.78 is 4.77. The fourth-order valence-electron chi connectivity index (χ4n) is 2.55. The summed E-state index contributed by atoms with van der Waals surface area (Å²) in [6.07, 6.45) is 5.59. The molecule has 1 unspecified atom stereocenters. The van der Waals surface area contributed by atoms with Gasteiger partial charge in [-0.2, -0.15) is 0 Å². The van der Waals surface area contributed by atoms with E-state index in [2.05, 4.69) is 9.88 Å². The molecule has 1 fully saturated rings. The SMILES string of the molecule is COC(=O)CC1CCCCN1Cc1ccnc(Cl)c1. The number of methoxy groups -OCH3 is 1. The summed E-state index contributed by atoms with van der Waals surface area (Å²) in [4.78, 5) is 17.8. The van der Waals surface area contributed by atoms with Crippen molar-refractivity contribution < 1.29 is 9.53 Å². The van der Waals surface area contributed by atoms with Gasteiger partial charge in [-0.25, -0.2) is 4.98 Å². The number of halogens is 1. The van der Waals surface area contributed by atoms with E-state index >= 15 is 0 Å². The molecule has 1 atom stereocenters. The van der Waals surface area contributed by atoms with Gasteiger partial charge in [-0.1, -0.05) is 18.0 Å². The van der Waals surface area contributed by atoms with Crippen LogP contribution < -0.4 is 0 Å². The van der Waals surface area contributed by atoms with Crippen LogP contribution in [0.25, 0.3) is 0 Å². The molecule has 5 heteroatoms. The molecule has 104 valence electrons. The van der Waals surface area contributed by atoms with E-state index in [1.54, 1.807) is 6.20 Å². The first-order valence-electron chi connectivity index (χ1n) is 6.60. The number of esters is 1. The fraction of sp³-hybridized carbons (Fsp3) is 0.571. The first-order chi connectivity index (χ1) is 9.19. The van der Waals surface area contributed by atoms with Gasteiger partial charge in [0, 0.05) is 18.8 Å². The van der Waals surface area contributed by atoms with Crippen LogP contribution in [0.5, 0.6) is 0 Å². The molecular formula is C14H19ClN2O2. The van der Waals surface area contributed by atoms with Crippen LogP contribution in [-0.2, 0) is 16.1 Å². The van der Waals surface area contributed by atoms with Gasteiger partial charge < -0.3 is 4.74 Å². The number of ether oxygens (including phenoxy) is 1. The van der Waals surface area contributed by atoms with E-state index in [4.69, 9.17) is 16.3 Å². The Morgan fingerprint density at radius 2 is 2.42 bits per heavy atom. The predicted octanol–water partition coefficient (Wildman–Crippen LogP) is 2.65. The van der Waals surface area contributed by atoms with Gasteiger partial charge in [0.05, 0.1) is 13.5 Å². The van der Waals surface area contributed by atoms with Crippen LogP contribution in [-0.4, -0.2) is 35.5 Å². The molecule has 2 rings (SSSR count). The molecule has 0 N–H and O–H groups in total. The second kappa shape index (κ2) is 6.87. The quantitative estimate of drug-likeness (QED) is 0.629. The third-order valence-corrected chi connectivity index (χ3v) is 3.76. The Balaban J connectivity index is 2.01. The van der Waals surface area contributed by atoms with Gasteiger partial charge in [-0.15, -0.1) is 0 Å². The lowest BCUT2D eigenvalue weighted by Gasteiger charge is -2.35. The van der Waals surface area contributed by atoms with Gasteiger partial charge in [0.25, 0.3) is 0 Å². The molecule has 0 spiro atoms. The zero-order valence-electron chi connectivity index (χ0n) is 11.1. The van der Waals surface area contributed by atoms with Gasteiger partial charge >= 0.3 is 5.97 Å². The van der Waals surface area contributed by atoms with Crippen LogP contribution in [0.15, 0.2) is 18.3 Å². The Morgan fingerprint density at radius 3 is 3.16 bits per heavy atom. The van der Waals surface area contributed by atoms with Crippen LogP contribution in [0, 0.1) is 0 Å². The van der Waals surface area contributed by atoms with E-state index in [-0.39, 0.29) is 12.0 Å². The van der Waals surface area contributed by atoms with Gasteiger partial charge in [0.2, 0.25) is 0 Å². The number of hydrogen-bond acceptors (Lipinski definition) is 4. The second-order valence-corrected chi connectivity index (χ2v) is 5.27. The predicted molar refractivity (Wildman–Crippen MR) is 73.9 cm³/mol. The maximum absolute atomic E-state index is 11.5. The van der Waals surface area contributed by atoms with Crippen LogP contribution in [0.4, 0.5) is 0 Å². The smallest absolute Gasteiger partial charge is 0.307 e. The van der Waals surface area contributed by atoms with Crippen LogP contribution >= 0.6 is 11.6 Å². The number of nitrogens with zero attached hydrogens (tertiary/aromatic N) is 2. The molecule has 0 aromatic carbocycles. The number of pyridine rings is 1. The lowest BCUT2D eigenvalue weighted by atomic mass is 9.98. The average Bonchev–Trinajstić information content (AvgIpc) is 2.41. The minimum Gasteiger partial charge on any atom is -0.469 e. The Labute approximate surface area is 118 Å². The molecule has 4 nitrogen and oxygen atoms in total. The number of hydrogen-bond donors (Lipinski definition) is 0. The van der Waals surface area contributed by atoms with E-state index in [0.717, 1.165) is 25.1 Å². The highest BCUT2D eigenvalue weighted by Crippen LogP contribution is 2.22. The molecule has 0 aliphatic carbocycles. The molecule has 2 heterocycles. The van der Waals surface area contributed by atoms with Crippen molar-refractivity contribution in [1.29, 1.82) is 0 Å². The Kier molecular flexibility index (Phi) is 5.16. The van der Waals surface area contributed by atoms with Crippen molar-refractivity contribution in [3.63, 3.8) is 0 Å². The highest BCUT2D eigenvalue weighted by atomic mass is 35.5. The summed E-state index contributed by atoms with van der Waals surface area (Å²) in [5.74, 6) is -0.135. The maximum atomic E-state index is 11.5. The highest BCUT2D eigenvalue weighted by Gasteiger charge is 2.25. The molecule has 1 saturated heterocycles. The Morgan fingerprint density at radius 1 is 1.58 bits per heavy atom. The van der Waals surface area contributed by atoms with Crippen LogP contribution in [0.2, 0.25) is 5.15 Å². The van der Waals surface area contributed by atoms with Gasteiger partial charge in [0.15, 0.2) is 0 Å². The molecule has 1 aliphatic heterocycles. The molecule has 0 amide bonds. The minimum absolute atomic E-state index is 0.135. The van der Waals surface area contributed by atoms with E-state index < -0.39 is 0 Å². The zero-order valence-corrected chi connectivity index (χ0v) is 11.9. The molecule has 19 heavy (non-hydrogen) atoms. The normalized spacial score (nSPS) is 20.2. The van der Waals surface area contributed by atoms with E-state index in [1.807, 2.05) is 12.1 Å². The molecule has 1 aromatic rings. The summed E-state index contributed by atoms with van der Waals surface area (Å²) in [6.45, 7) is 1.82. The minimum atomic E-state index is -0.135. The Hall–Kier alpha value is -1.13. The standard InChI is InChI=1S/C14H19ClN2O2/c1-19-14(18)9-12-4-2-3-7-17(12)10-11-5-6-16-13(15)8-11/h5-6,8,12H,2-4,7,9-10H2,1H3. The van der Waals surface area contributed by atoms with Gasteiger partial charge in [-0.3, -0.25) is 9.69 Å². The molecule has 0 radical (unpaired) electrons. The fourth-order valence-corrected chi connectivity index (χ4v) is 2.75. The number of rotatable bonds is 4. The lowest BCUT2D eigenvalue weighted by molar-refractivity contribution is -0.142. The van der Waals surface area contributed by atoms with Crippen molar-refractivity contribution in [1.82, 2.24) is 9.88 Å². The first kappa shape index (κ1) is 14.3. The largest absolute Gasteiger partial charge is 0.469 e. The summed E-state index contributed by atoms with van der Waals surface area (Å²) >= 11 is 5.90. The maximum Gasteiger partial charge on any atom is 0.307 e. The molecular weight excluding hydrogens is 264 g/mol. The third-order valence-electron chi connectivity index (χ3n) is 3.56. The van der Waals surface area contributed by atoms with Crippen molar-refractivity contribution in [2.45, 2.75) is 38.3 Å². The molecule has 0 saturated carbocycles. The monoisotopic (exact) mass is 282 g/mol. The average molecular weight is 283 g/mol. The third kappa shape index (κ3) is 4.18. The van der Waals surface area contributed by atoms with Crippen molar-refractivity contribution in [3.05, 3.63) is 29.0 Å². The van der Waals surface area contributed by atoms with Crippen LogP contribution in [0.1, 0.15) is 31.2 Å². The number of carbonyl (C=O) groups is 1. The van der Waals surface area contributed by atoms with Gasteiger partial charge in [0.1, 0.15) is 5.15 Å². The summed E-state index contributed by atoms with van der Waals surface area (Å²) in [6, 6.07) is 4.12. The number of piperidine rings is 1. The molecule has 1 aromatic heterocycles. The number of aromatic nitrogens is 1. The van der Waals surface area contributed by atoms with Crippen LogP contribution in [0.3, 0.4) is 0 Å². The van der Waals surface area contributed by atoms with E-state index in [9.17, 15) is 4.79 Å². The molecule has 1 aliphatic rings. The zero-order chi connectivity index (χ0) is 13.7. The van der Waals surface area contributed by atoms with Crippen molar-refractivity contribution in [2.24, 2.45) is 0 Å². The van der Waals surface area contributed by atoms with Crippen molar-refractivity contribution >= 4 is 17.6 Å². The molecule has 0 bridgehead atoms. The number of carbonyl (C=O) groups excluding carboxylic acids is 1. The summed E-state index contributed by atoms with van der Waals surface area (Å²) in [7, 11) is 1.44. The Bertz CT molecular complexity index is 439. The van der Waals surface area contributed by atoms with Gasteiger partial charge in [-0.05, 0) is 37.1 Å². The highest BCUT2D eigenvalue weighted by molar-refractivity contribution is 6.29.